The van der Waals surface area contributed by atoms with E-state index in [4.69, 9.17) is 16.3 Å². The van der Waals surface area contributed by atoms with E-state index in [-0.39, 0.29) is 16.6 Å². The van der Waals surface area contributed by atoms with E-state index in [1.165, 1.54) is 24.4 Å². The van der Waals surface area contributed by atoms with Crippen LogP contribution in [-0.4, -0.2) is 21.9 Å². The van der Waals surface area contributed by atoms with Crippen LogP contribution in [0.2, 0.25) is 5.02 Å². The Morgan fingerprint density at radius 2 is 2.25 bits per heavy atom. The lowest BCUT2D eigenvalue weighted by Gasteiger charge is -2.08. The normalized spacial score (nSPS) is 10.2. The molecule has 0 aliphatic heterocycles. The van der Waals surface area contributed by atoms with Gasteiger partial charge in [-0.25, -0.2) is 4.98 Å². The Bertz CT molecular complexity index is 668. The van der Waals surface area contributed by atoms with Crippen LogP contribution in [0.25, 0.3) is 0 Å². The highest BCUT2D eigenvalue weighted by Crippen LogP contribution is 2.32. The molecule has 0 atom stereocenters. The minimum Gasteiger partial charge on any atom is -0.438 e. The highest BCUT2D eigenvalue weighted by molar-refractivity contribution is 9.10. The van der Waals surface area contributed by atoms with Crippen LogP contribution in [0.1, 0.15) is 0 Å². The second kappa shape index (κ2) is 6.02. The maximum atomic E-state index is 10.7. The third-order valence-electron chi connectivity index (χ3n) is 2.27. The van der Waals surface area contributed by atoms with Gasteiger partial charge in [-0.3, -0.25) is 10.1 Å². The molecular formula is C11H8BrClN4O3. The summed E-state index contributed by atoms with van der Waals surface area (Å²) < 4.78 is 6.07. The highest BCUT2D eigenvalue weighted by Gasteiger charge is 2.14. The molecule has 0 unspecified atom stereocenters. The Morgan fingerprint density at radius 3 is 2.85 bits per heavy atom. The molecule has 0 fully saturated rings. The summed E-state index contributed by atoms with van der Waals surface area (Å²) in [4.78, 5) is 18.2. The van der Waals surface area contributed by atoms with Crippen molar-refractivity contribution in [3.8, 4) is 11.6 Å². The van der Waals surface area contributed by atoms with Gasteiger partial charge in [0.15, 0.2) is 0 Å². The molecule has 2 rings (SSSR count). The number of halogens is 2. The number of nitrogens with one attached hydrogen (secondary N) is 1. The molecule has 1 heterocycles. The van der Waals surface area contributed by atoms with Crippen LogP contribution < -0.4 is 10.1 Å². The summed E-state index contributed by atoms with van der Waals surface area (Å²) in [6.45, 7) is 0. The number of ether oxygens (including phenoxy) is 1. The minimum atomic E-state index is -0.564. The minimum absolute atomic E-state index is 0.00785. The lowest BCUT2D eigenvalue weighted by atomic mass is 10.3. The van der Waals surface area contributed by atoms with Crippen LogP contribution >= 0.6 is 27.5 Å². The number of aromatic nitrogens is 2. The van der Waals surface area contributed by atoms with Crippen LogP contribution in [0.5, 0.6) is 11.6 Å². The van der Waals surface area contributed by atoms with Crippen LogP contribution in [0.3, 0.4) is 0 Å². The molecule has 0 radical (unpaired) electrons. The second-order valence-corrected chi connectivity index (χ2v) is 4.83. The van der Waals surface area contributed by atoms with Gasteiger partial charge in [-0.1, -0.05) is 11.6 Å². The maximum absolute atomic E-state index is 10.7. The number of rotatable bonds is 4. The number of anilines is 1. The standard InChI is InChI=1S/C11H8BrClN4O3/c1-14-11-15-5-7(12)10(16-11)20-6-2-3-9(17(18)19)8(13)4-6/h2-5H,1H3,(H,14,15,16). The van der Waals surface area contributed by atoms with E-state index in [0.29, 0.717) is 16.2 Å². The summed E-state index contributed by atoms with van der Waals surface area (Å²) in [5.41, 5.74) is -0.184. The zero-order valence-corrected chi connectivity index (χ0v) is 12.5. The Hall–Kier alpha value is -1.93. The Balaban J connectivity index is 2.30. The van der Waals surface area contributed by atoms with E-state index in [2.05, 4.69) is 31.2 Å². The van der Waals surface area contributed by atoms with E-state index in [9.17, 15) is 10.1 Å². The molecule has 1 aromatic heterocycles. The molecule has 0 bridgehead atoms. The third-order valence-corrected chi connectivity index (χ3v) is 3.11. The monoisotopic (exact) mass is 358 g/mol. The zero-order valence-electron chi connectivity index (χ0n) is 10.1. The molecule has 0 spiro atoms. The van der Waals surface area contributed by atoms with Gasteiger partial charge in [0.25, 0.3) is 5.69 Å². The first-order chi connectivity index (χ1) is 9.51. The van der Waals surface area contributed by atoms with Crippen molar-refractivity contribution in [3.05, 3.63) is 44.0 Å². The van der Waals surface area contributed by atoms with E-state index in [0.717, 1.165) is 0 Å². The van der Waals surface area contributed by atoms with Gasteiger partial charge in [0.1, 0.15) is 10.8 Å². The first-order valence-corrected chi connectivity index (χ1v) is 6.50. The fourth-order valence-electron chi connectivity index (χ4n) is 1.35. The van der Waals surface area contributed by atoms with Gasteiger partial charge < -0.3 is 10.1 Å². The van der Waals surface area contributed by atoms with E-state index < -0.39 is 4.92 Å². The van der Waals surface area contributed by atoms with Gasteiger partial charge in [-0.05, 0) is 22.0 Å². The fraction of sp³-hybridized carbons (Fsp3) is 0.0909. The quantitative estimate of drug-likeness (QED) is 0.662. The van der Waals surface area contributed by atoms with Gasteiger partial charge in [-0.2, -0.15) is 4.98 Å². The molecule has 0 amide bonds. The van der Waals surface area contributed by atoms with Crippen molar-refractivity contribution in [3.63, 3.8) is 0 Å². The molecule has 2 aromatic rings. The molecule has 7 nitrogen and oxygen atoms in total. The van der Waals surface area contributed by atoms with Gasteiger partial charge >= 0.3 is 0 Å². The molecular weight excluding hydrogens is 352 g/mol. The summed E-state index contributed by atoms with van der Waals surface area (Å²) in [7, 11) is 1.68. The summed E-state index contributed by atoms with van der Waals surface area (Å²) in [6.07, 6.45) is 1.53. The smallest absolute Gasteiger partial charge is 0.288 e. The molecule has 0 saturated heterocycles. The van der Waals surface area contributed by atoms with E-state index >= 15 is 0 Å². The summed E-state index contributed by atoms with van der Waals surface area (Å²) in [5.74, 6) is 0.993. The second-order valence-electron chi connectivity index (χ2n) is 3.57. The number of hydrogen-bond acceptors (Lipinski definition) is 6. The predicted molar refractivity (Wildman–Crippen MR) is 77.5 cm³/mol. The molecule has 9 heteroatoms. The summed E-state index contributed by atoms with van der Waals surface area (Å²) >= 11 is 9.06. The van der Waals surface area contributed by atoms with Crippen molar-refractivity contribution in [2.45, 2.75) is 0 Å². The first kappa shape index (κ1) is 14.5. The molecule has 104 valence electrons. The van der Waals surface area contributed by atoms with Crippen LogP contribution in [0.4, 0.5) is 11.6 Å². The van der Waals surface area contributed by atoms with Gasteiger partial charge in [0, 0.05) is 19.2 Å². The number of nitrogens with zero attached hydrogens (tertiary/aromatic N) is 3. The fourth-order valence-corrected chi connectivity index (χ4v) is 1.87. The van der Waals surface area contributed by atoms with E-state index in [1.807, 2.05) is 0 Å². The van der Waals surface area contributed by atoms with Crippen molar-refractivity contribution < 1.29 is 9.66 Å². The highest BCUT2D eigenvalue weighted by atomic mass is 79.9. The molecule has 20 heavy (non-hydrogen) atoms. The predicted octanol–water partition coefficient (Wildman–Crippen LogP) is 3.63. The first-order valence-electron chi connectivity index (χ1n) is 5.33. The topological polar surface area (TPSA) is 90.2 Å². The number of benzene rings is 1. The molecule has 0 saturated carbocycles. The summed E-state index contributed by atoms with van der Waals surface area (Å²) in [5, 5.41) is 13.4. The van der Waals surface area contributed by atoms with E-state index in [1.54, 1.807) is 7.05 Å². The average molecular weight is 360 g/mol. The lowest BCUT2D eigenvalue weighted by Crippen LogP contribution is -1.98. The van der Waals surface area contributed by atoms with Crippen LogP contribution in [0.15, 0.2) is 28.9 Å². The Labute approximate surface area is 127 Å². The van der Waals surface area contributed by atoms with Crippen LogP contribution in [-0.2, 0) is 0 Å². The molecule has 0 aliphatic carbocycles. The lowest BCUT2D eigenvalue weighted by molar-refractivity contribution is -0.384. The van der Waals surface area contributed by atoms with Crippen molar-refractivity contribution in [2.24, 2.45) is 0 Å². The zero-order chi connectivity index (χ0) is 14.7. The third kappa shape index (κ3) is 3.14. The molecule has 0 aliphatic rings. The van der Waals surface area contributed by atoms with Gasteiger partial charge in [-0.15, -0.1) is 0 Å². The van der Waals surface area contributed by atoms with Crippen molar-refractivity contribution in [1.82, 2.24) is 9.97 Å². The van der Waals surface area contributed by atoms with Crippen LogP contribution in [0, 0.1) is 10.1 Å². The van der Waals surface area contributed by atoms with Crippen molar-refractivity contribution in [2.75, 3.05) is 12.4 Å². The Kier molecular flexibility index (Phi) is 4.35. The van der Waals surface area contributed by atoms with Gasteiger partial charge in [0.05, 0.1) is 15.6 Å². The largest absolute Gasteiger partial charge is 0.438 e. The molecule has 1 aromatic carbocycles. The molecule has 1 N–H and O–H groups in total. The number of nitro benzene ring substituents is 1. The average Bonchev–Trinajstić information content (AvgIpc) is 2.41. The maximum Gasteiger partial charge on any atom is 0.288 e. The van der Waals surface area contributed by atoms with Crippen molar-refractivity contribution in [1.29, 1.82) is 0 Å². The van der Waals surface area contributed by atoms with Gasteiger partial charge in [0.2, 0.25) is 11.8 Å². The van der Waals surface area contributed by atoms with Crippen molar-refractivity contribution >= 4 is 39.2 Å². The number of nitro groups is 1. The number of hydrogen-bond donors (Lipinski definition) is 1. The SMILES string of the molecule is CNc1ncc(Br)c(Oc2ccc([N+](=O)[O-])c(Cl)c2)n1. The summed E-state index contributed by atoms with van der Waals surface area (Å²) in [6, 6.07) is 4.07. The Morgan fingerprint density at radius 1 is 1.50 bits per heavy atom.